The number of aryl methyl sites for hydroxylation is 1. The van der Waals surface area contributed by atoms with E-state index in [0.29, 0.717) is 13.0 Å². The molecule has 116 valence electrons. The van der Waals surface area contributed by atoms with Gasteiger partial charge < -0.3 is 9.84 Å². The highest BCUT2D eigenvalue weighted by atomic mass is 16.6. The Morgan fingerprint density at radius 1 is 1.43 bits per heavy atom. The molecule has 1 aliphatic rings. The zero-order valence-electron chi connectivity index (χ0n) is 12.7. The van der Waals surface area contributed by atoms with Crippen LogP contribution < -0.4 is 0 Å². The molecule has 2 heterocycles. The van der Waals surface area contributed by atoms with Crippen molar-refractivity contribution in [2.24, 2.45) is 7.05 Å². The predicted octanol–water partition coefficient (Wildman–Crippen LogP) is 1.60. The average molecular weight is 295 g/mol. The second-order valence-corrected chi connectivity index (χ2v) is 6.30. The SMILES string of the molecule is Cn1cc(C2CCN(C(=O)OC(C)(C)C)C2C(=O)O)cn1. The van der Waals surface area contributed by atoms with Crippen LogP contribution in [0.1, 0.15) is 38.7 Å². The second-order valence-electron chi connectivity index (χ2n) is 6.30. The number of nitrogens with zero attached hydrogens (tertiary/aromatic N) is 3. The Hall–Kier alpha value is -2.05. The number of amides is 1. The molecule has 1 fully saturated rings. The minimum absolute atomic E-state index is 0.260. The van der Waals surface area contributed by atoms with Gasteiger partial charge in [-0.3, -0.25) is 9.58 Å². The molecule has 0 saturated carbocycles. The van der Waals surface area contributed by atoms with Gasteiger partial charge in [0.1, 0.15) is 11.6 Å². The van der Waals surface area contributed by atoms with Gasteiger partial charge in [0.05, 0.1) is 6.20 Å². The lowest BCUT2D eigenvalue weighted by molar-refractivity contribution is -0.142. The molecule has 2 rings (SSSR count). The van der Waals surface area contributed by atoms with Crippen molar-refractivity contribution in [1.29, 1.82) is 0 Å². The number of carboxylic acids is 1. The van der Waals surface area contributed by atoms with Crippen molar-refractivity contribution in [1.82, 2.24) is 14.7 Å². The zero-order chi connectivity index (χ0) is 15.8. The Balaban J connectivity index is 2.21. The van der Waals surface area contributed by atoms with Crippen LogP contribution >= 0.6 is 0 Å². The number of aliphatic carboxylic acids is 1. The largest absolute Gasteiger partial charge is 0.480 e. The van der Waals surface area contributed by atoms with Crippen LogP contribution in [0.15, 0.2) is 12.4 Å². The molecule has 1 aliphatic heterocycles. The molecule has 0 spiro atoms. The smallest absolute Gasteiger partial charge is 0.411 e. The highest BCUT2D eigenvalue weighted by Crippen LogP contribution is 2.34. The summed E-state index contributed by atoms with van der Waals surface area (Å²) < 4.78 is 6.92. The molecule has 0 aromatic carbocycles. The summed E-state index contributed by atoms with van der Waals surface area (Å²) in [5, 5.41) is 13.6. The first-order valence-electron chi connectivity index (χ1n) is 6.90. The van der Waals surface area contributed by atoms with Gasteiger partial charge in [0.15, 0.2) is 0 Å². The summed E-state index contributed by atoms with van der Waals surface area (Å²) in [6.45, 7) is 5.64. The first-order valence-corrected chi connectivity index (χ1v) is 6.90. The van der Waals surface area contributed by atoms with E-state index in [9.17, 15) is 14.7 Å². The summed E-state index contributed by atoms with van der Waals surface area (Å²) in [6, 6.07) is -0.913. The van der Waals surface area contributed by atoms with E-state index < -0.39 is 23.7 Å². The van der Waals surface area contributed by atoms with Crippen LogP contribution in [-0.4, -0.2) is 50.0 Å². The molecule has 0 bridgehead atoms. The van der Waals surface area contributed by atoms with E-state index in [1.54, 1.807) is 44.9 Å². The number of carbonyl (C=O) groups excluding carboxylic acids is 1. The monoisotopic (exact) mass is 295 g/mol. The van der Waals surface area contributed by atoms with Crippen molar-refractivity contribution in [2.45, 2.75) is 44.8 Å². The zero-order valence-corrected chi connectivity index (χ0v) is 12.7. The molecular formula is C14H21N3O4. The summed E-state index contributed by atoms with van der Waals surface area (Å²) in [5.41, 5.74) is 0.183. The van der Waals surface area contributed by atoms with Gasteiger partial charge in [-0.2, -0.15) is 5.10 Å². The molecule has 2 atom stereocenters. The Morgan fingerprint density at radius 2 is 2.10 bits per heavy atom. The average Bonchev–Trinajstić information content (AvgIpc) is 2.91. The van der Waals surface area contributed by atoms with E-state index in [1.807, 2.05) is 0 Å². The molecule has 7 heteroatoms. The first kappa shape index (κ1) is 15.3. The fourth-order valence-electron chi connectivity index (χ4n) is 2.60. The topological polar surface area (TPSA) is 84.7 Å². The molecular weight excluding hydrogens is 274 g/mol. The number of hydrogen-bond acceptors (Lipinski definition) is 4. The minimum Gasteiger partial charge on any atom is -0.480 e. The first-order chi connectivity index (χ1) is 9.69. The van der Waals surface area contributed by atoms with Gasteiger partial charge in [0.2, 0.25) is 0 Å². The molecule has 7 nitrogen and oxygen atoms in total. The van der Waals surface area contributed by atoms with E-state index in [-0.39, 0.29) is 5.92 Å². The van der Waals surface area contributed by atoms with Crippen molar-refractivity contribution in [2.75, 3.05) is 6.54 Å². The summed E-state index contributed by atoms with van der Waals surface area (Å²) >= 11 is 0. The lowest BCUT2D eigenvalue weighted by Gasteiger charge is -2.28. The third-order valence-corrected chi connectivity index (χ3v) is 3.43. The van der Waals surface area contributed by atoms with Gasteiger partial charge >= 0.3 is 12.1 Å². The van der Waals surface area contributed by atoms with Crippen LogP contribution in [-0.2, 0) is 16.6 Å². The van der Waals surface area contributed by atoms with Crippen molar-refractivity contribution in [3.8, 4) is 0 Å². The fourth-order valence-corrected chi connectivity index (χ4v) is 2.60. The number of carboxylic acid groups (broad SMARTS) is 1. The summed E-state index contributed by atoms with van der Waals surface area (Å²) in [7, 11) is 1.78. The Bertz CT molecular complexity index is 547. The molecule has 1 saturated heterocycles. The lowest BCUT2D eigenvalue weighted by atomic mass is 9.94. The van der Waals surface area contributed by atoms with Crippen LogP contribution in [0.4, 0.5) is 4.79 Å². The number of likely N-dealkylation sites (tertiary alicyclic amines) is 1. The van der Waals surface area contributed by atoms with E-state index in [0.717, 1.165) is 5.56 Å². The van der Waals surface area contributed by atoms with Crippen LogP contribution in [0.5, 0.6) is 0 Å². The molecule has 1 aromatic rings. The minimum atomic E-state index is -1.02. The summed E-state index contributed by atoms with van der Waals surface area (Å²) in [4.78, 5) is 25.1. The van der Waals surface area contributed by atoms with Crippen LogP contribution in [0.3, 0.4) is 0 Å². The Labute approximate surface area is 123 Å². The third kappa shape index (κ3) is 3.34. The van der Waals surface area contributed by atoms with Crippen molar-refractivity contribution in [3.05, 3.63) is 18.0 Å². The maximum Gasteiger partial charge on any atom is 0.411 e. The highest BCUT2D eigenvalue weighted by molar-refractivity contribution is 5.82. The fraction of sp³-hybridized carbons (Fsp3) is 0.643. The van der Waals surface area contributed by atoms with Crippen LogP contribution in [0, 0.1) is 0 Å². The van der Waals surface area contributed by atoms with Gasteiger partial charge in [0, 0.05) is 25.7 Å². The van der Waals surface area contributed by atoms with Gasteiger partial charge in [-0.1, -0.05) is 0 Å². The maximum absolute atomic E-state index is 12.2. The molecule has 0 radical (unpaired) electrons. The van der Waals surface area contributed by atoms with Gasteiger partial charge in [0.25, 0.3) is 0 Å². The number of hydrogen-bond donors (Lipinski definition) is 1. The van der Waals surface area contributed by atoms with Crippen LogP contribution in [0.25, 0.3) is 0 Å². The third-order valence-electron chi connectivity index (χ3n) is 3.43. The van der Waals surface area contributed by atoms with E-state index in [1.165, 1.54) is 4.90 Å². The number of carbonyl (C=O) groups is 2. The van der Waals surface area contributed by atoms with E-state index in [4.69, 9.17) is 4.74 Å². The Morgan fingerprint density at radius 3 is 2.57 bits per heavy atom. The maximum atomic E-state index is 12.2. The number of aromatic nitrogens is 2. The quantitative estimate of drug-likeness (QED) is 0.895. The lowest BCUT2D eigenvalue weighted by Crippen LogP contribution is -2.45. The van der Waals surface area contributed by atoms with Gasteiger partial charge in [-0.05, 0) is 32.8 Å². The van der Waals surface area contributed by atoms with E-state index in [2.05, 4.69) is 5.10 Å². The van der Waals surface area contributed by atoms with Crippen molar-refractivity contribution in [3.63, 3.8) is 0 Å². The molecule has 1 N–H and O–H groups in total. The van der Waals surface area contributed by atoms with Crippen molar-refractivity contribution >= 4 is 12.1 Å². The number of ether oxygens (including phenoxy) is 1. The molecule has 1 aromatic heterocycles. The summed E-state index contributed by atoms with van der Waals surface area (Å²) in [6.07, 6.45) is 3.45. The predicted molar refractivity (Wildman–Crippen MR) is 74.9 cm³/mol. The van der Waals surface area contributed by atoms with Crippen molar-refractivity contribution < 1.29 is 19.4 Å². The summed E-state index contributed by atoms with van der Waals surface area (Å²) in [5.74, 6) is -1.28. The number of rotatable bonds is 2. The van der Waals surface area contributed by atoms with Crippen LogP contribution in [0.2, 0.25) is 0 Å². The second kappa shape index (κ2) is 5.38. The highest BCUT2D eigenvalue weighted by Gasteiger charge is 2.44. The van der Waals surface area contributed by atoms with Gasteiger partial charge in [-0.15, -0.1) is 0 Å². The molecule has 1 amide bonds. The molecule has 0 aliphatic carbocycles. The van der Waals surface area contributed by atoms with E-state index >= 15 is 0 Å². The molecule has 21 heavy (non-hydrogen) atoms. The van der Waals surface area contributed by atoms with Gasteiger partial charge in [-0.25, -0.2) is 9.59 Å². The standard InChI is InChI=1S/C14H21N3O4/c1-14(2,3)21-13(20)17-6-5-10(11(17)12(18)19)9-7-15-16(4)8-9/h7-8,10-11H,5-6H2,1-4H3,(H,18,19). The molecule has 2 unspecified atom stereocenters. The Kier molecular flexibility index (Phi) is 3.93. The normalized spacial score (nSPS) is 22.4.